The average molecular weight is 275 g/mol. The van der Waals surface area contributed by atoms with E-state index in [4.69, 9.17) is 4.74 Å². The van der Waals surface area contributed by atoms with Crippen molar-refractivity contribution >= 4 is 5.69 Å². The second-order valence-corrected chi connectivity index (χ2v) is 4.84. The van der Waals surface area contributed by atoms with E-state index < -0.39 is 11.4 Å². The Morgan fingerprint density at radius 2 is 1.90 bits per heavy atom. The fraction of sp³-hybridized carbons (Fsp3) is 0.250. The van der Waals surface area contributed by atoms with Crippen LogP contribution in [0.15, 0.2) is 48.5 Å². The van der Waals surface area contributed by atoms with Gasteiger partial charge in [0.2, 0.25) is 0 Å². The third-order valence-corrected chi connectivity index (χ3v) is 3.18. The fourth-order valence-electron chi connectivity index (χ4n) is 1.94. The summed E-state index contributed by atoms with van der Waals surface area (Å²) in [6.45, 7) is 2.04. The highest BCUT2D eigenvalue weighted by molar-refractivity contribution is 5.49. The Labute approximate surface area is 118 Å². The minimum Gasteiger partial charge on any atom is -0.494 e. The van der Waals surface area contributed by atoms with Crippen LogP contribution in [0.1, 0.15) is 12.5 Å². The molecule has 0 saturated heterocycles. The smallest absolute Gasteiger partial charge is 0.165 e. The van der Waals surface area contributed by atoms with Crippen molar-refractivity contribution in [2.24, 2.45) is 0 Å². The molecule has 2 N–H and O–H groups in total. The molecule has 2 rings (SSSR count). The van der Waals surface area contributed by atoms with Crippen LogP contribution >= 0.6 is 0 Å². The topological polar surface area (TPSA) is 41.5 Å². The van der Waals surface area contributed by atoms with Gasteiger partial charge in [0.15, 0.2) is 11.6 Å². The second kappa shape index (κ2) is 5.92. The Balaban J connectivity index is 2.08. The zero-order valence-electron chi connectivity index (χ0n) is 11.6. The lowest BCUT2D eigenvalue weighted by Gasteiger charge is -2.25. The molecule has 0 fully saturated rings. The summed E-state index contributed by atoms with van der Waals surface area (Å²) in [6, 6.07) is 13.9. The van der Waals surface area contributed by atoms with Crippen LogP contribution in [0.4, 0.5) is 10.1 Å². The van der Waals surface area contributed by atoms with Crippen molar-refractivity contribution in [1.29, 1.82) is 0 Å². The van der Waals surface area contributed by atoms with Gasteiger partial charge in [0.1, 0.15) is 5.60 Å². The van der Waals surface area contributed by atoms with Crippen molar-refractivity contribution in [2.75, 3.05) is 19.0 Å². The van der Waals surface area contributed by atoms with Gasteiger partial charge in [0.25, 0.3) is 0 Å². The molecule has 0 bridgehead atoms. The van der Waals surface area contributed by atoms with E-state index >= 15 is 0 Å². The molecule has 3 nitrogen and oxygen atoms in total. The zero-order chi connectivity index (χ0) is 14.6. The van der Waals surface area contributed by atoms with Gasteiger partial charge in [-0.25, -0.2) is 4.39 Å². The highest BCUT2D eigenvalue weighted by Gasteiger charge is 2.22. The summed E-state index contributed by atoms with van der Waals surface area (Å²) >= 11 is 0. The molecule has 20 heavy (non-hydrogen) atoms. The van der Waals surface area contributed by atoms with Gasteiger partial charge in [0.05, 0.1) is 7.11 Å². The van der Waals surface area contributed by atoms with Crippen LogP contribution in [-0.2, 0) is 5.60 Å². The SMILES string of the molecule is COc1cc(NCC(C)(O)c2ccccc2)ccc1F. The van der Waals surface area contributed by atoms with E-state index in [1.54, 1.807) is 19.1 Å². The minimum absolute atomic E-state index is 0.175. The molecular weight excluding hydrogens is 257 g/mol. The van der Waals surface area contributed by atoms with Gasteiger partial charge in [-0.2, -0.15) is 0 Å². The summed E-state index contributed by atoms with van der Waals surface area (Å²) < 4.78 is 18.2. The Kier molecular flexibility index (Phi) is 4.25. The monoisotopic (exact) mass is 275 g/mol. The number of hydrogen-bond donors (Lipinski definition) is 2. The summed E-state index contributed by atoms with van der Waals surface area (Å²) in [7, 11) is 1.42. The number of methoxy groups -OCH3 is 1. The lowest BCUT2D eigenvalue weighted by Crippen LogP contribution is -2.30. The highest BCUT2D eigenvalue weighted by Crippen LogP contribution is 2.24. The summed E-state index contributed by atoms with van der Waals surface area (Å²) in [4.78, 5) is 0. The van der Waals surface area contributed by atoms with Crippen LogP contribution in [0.5, 0.6) is 5.75 Å². The van der Waals surface area contributed by atoms with Crippen LogP contribution in [0, 0.1) is 5.82 Å². The molecule has 0 spiro atoms. The van der Waals surface area contributed by atoms with Crippen LogP contribution in [0.2, 0.25) is 0 Å². The van der Waals surface area contributed by atoms with Gasteiger partial charge in [-0.15, -0.1) is 0 Å². The number of anilines is 1. The minimum atomic E-state index is -1.01. The number of benzene rings is 2. The lowest BCUT2D eigenvalue weighted by molar-refractivity contribution is 0.0715. The number of ether oxygens (including phenoxy) is 1. The molecule has 106 valence electrons. The van der Waals surface area contributed by atoms with Crippen molar-refractivity contribution in [1.82, 2.24) is 0 Å². The maximum absolute atomic E-state index is 13.3. The molecule has 0 radical (unpaired) electrons. The summed E-state index contributed by atoms with van der Waals surface area (Å²) in [5, 5.41) is 13.5. The van der Waals surface area contributed by atoms with E-state index in [1.165, 1.54) is 13.2 Å². The van der Waals surface area contributed by atoms with Crippen LogP contribution in [0.3, 0.4) is 0 Å². The van der Waals surface area contributed by atoms with Crippen LogP contribution in [-0.4, -0.2) is 18.8 Å². The molecule has 1 atom stereocenters. The maximum atomic E-state index is 13.3. The van der Waals surface area contributed by atoms with E-state index in [9.17, 15) is 9.50 Å². The fourth-order valence-corrected chi connectivity index (χ4v) is 1.94. The molecule has 2 aromatic rings. The van der Waals surface area contributed by atoms with Gasteiger partial charge in [-0.3, -0.25) is 0 Å². The molecule has 2 aromatic carbocycles. The lowest BCUT2D eigenvalue weighted by atomic mass is 9.96. The standard InChI is InChI=1S/C16H18FNO2/c1-16(19,12-6-4-3-5-7-12)11-18-13-8-9-14(17)15(10-13)20-2/h3-10,18-19H,11H2,1-2H3. The maximum Gasteiger partial charge on any atom is 0.165 e. The molecular formula is C16H18FNO2. The average Bonchev–Trinajstić information content (AvgIpc) is 2.47. The van der Waals surface area contributed by atoms with Gasteiger partial charge >= 0.3 is 0 Å². The Morgan fingerprint density at radius 1 is 1.20 bits per heavy atom. The molecule has 0 heterocycles. The number of nitrogens with one attached hydrogen (secondary N) is 1. The quantitative estimate of drug-likeness (QED) is 0.880. The molecule has 0 saturated carbocycles. The van der Waals surface area contributed by atoms with Crippen molar-refractivity contribution in [3.05, 3.63) is 59.9 Å². The first kappa shape index (κ1) is 14.3. The van der Waals surface area contributed by atoms with E-state index in [0.717, 1.165) is 5.56 Å². The molecule has 0 aliphatic rings. The largest absolute Gasteiger partial charge is 0.494 e. The molecule has 0 amide bonds. The van der Waals surface area contributed by atoms with Crippen molar-refractivity contribution < 1.29 is 14.2 Å². The normalized spacial score (nSPS) is 13.6. The van der Waals surface area contributed by atoms with Crippen LogP contribution < -0.4 is 10.1 Å². The predicted molar refractivity (Wildman–Crippen MR) is 77.5 cm³/mol. The molecule has 0 aromatic heterocycles. The second-order valence-electron chi connectivity index (χ2n) is 4.84. The Morgan fingerprint density at radius 3 is 2.55 bits per heavy atom. The van der Waals surface area contributed by atoms with Gasteiger partial charge in [-0.05, 0) is 24.6 Å². The third-order valence-electron chi connectivity index (χ3n) is 3.18. The summed E-state index contributed by atoms with van der Waals surface area (Å²) in [6.07, 6.45) is 0. The number of halogens is 1. The van der Waals surface area contributed by atoms with Crippen molar-refractivity contribution in [2.45, 2.75) is 12.5 Å². The first-order chi connectivity index (χ1) is 9.53. The van der Waals surface area contributed by atoms with Crippen molar-refractivity contribution in [3.63, 3.8) is 0 Å². The van der Waals surface area contributed by atoms with E-state index in [1.807, 2.05) is 30.3 Å². The Hall–Kier alpha value is -2.07. The van der Waals surface area contributed by atoms with Crippen molar-refractivity contribution in [3.8, 4) is 5.75 Å². The zero-order valence-corrected chi connectivity index (χ0v) is 11.6. The first-order valence-electron chi connectivity index (χ1n) is 6.38. The van der Waals surface area contributed by atoms with Gasteiger partial charge < -0.3 is 15.2 Å². The molecule has 4 heteroatoms. The molecule has 0 aliphatic heterocycles. The summed E-state index contributed by atoms with van der Waals surface area (Å²) in [5.74, 6) is -0.234. The predicted octanol–water partition coefficient (Wildman–Crippen LogP) is 3.15. The van der Waals surface area contributed by atoms with E-state index in [0.29, 0.717) is 12.2 Å². The van der Waals surface area contributed by atoms with Gasteiger partial charge in [0, 0.05) is 18.3 Å². The number of hydrogen-bond acceptors (Lipinski definition) is 3. The highest BCUT2D eigenvalue weighted by atomic mass is 19.1. The Bertz CT molecular complexity index is 570. The molecule has 0 aliphatic carbocycles. The van der Waals surface area contributed by atoms with E-state index in [2.05, 4.69) is 5.32 Å². The van der Waals surface area contributed by atoms with Gasteiger partial charge in [-0.1, -0.05) is 30.3 Å². The first-order valence-corrected chi connectivity index (χ1v) is 6.38. The molecule has 1 unspecified atom stereocenters. The number of aliphatic hydroxyl groups is 1. The van der Waals surface area contributed by atoms with Crippen LogP contribution in [0.25, 0.3) is 0 Å². The summed E-state index contributed by atoms with van der Waals surface area (Å²) in [5.41, 5.74) is 0.504. The number of rotatable bonds is 5. The third kappa shape index (κ3) is 3.27. The van der Waals surface area contributed by atoms with E-state index in [-0.39, 0.29) is 5.75 Å².